The van der Waals surface area contributed by atoms with Gasteiger partial charge in [0.25, 0.3) is 5.91 Å². The molecule has 1 fully saturated rings. The third-order valence-electron chi connectivity index (χ3n) is 5.86. The number of aryl methyl sites for hydroxylation is 1. The van der Waals surface area contributed by atoms with Gasteiger partial charge in [-0.1, -0.05) is 24.3 Å². The van der Waals surface area contributed by atoms with E-state index in [0.717, 1.165) is 35.1 Å². The Morgan fingerprint density at radius 1 is 1.18 bits per heavy atom. The van der Waals surface area contributed by atoms with Crippen molar-refractivity contribution in [1.82, 2.24) is 20.0 Å². The zero-order valence-corrected chi connectivity index (χ0v) is 15.9. The highest BCUT2D eigenvalue weighted by molar-refractivity contribution is 6.00. The molecule has 1 aromatic heterocycles. The molecule has 1 N–H and O–H groups in total. The second-order valence-electron chi connectivity index (χ2n) is 7.74. The molecule has 6 nitrogen and oxygen atoms in total. The summed E-state index contributed by atoms with van der Waals surface area (Å²) in [6.45, 7) is 4.54. The van der Waals surface area contributed by atoms with Gasteiger partial charge in [-0.25, -0.2) is 0 Å². The fraction of sp³-hybridized carbons (Fsp3) is 0.318. The van der Waals surface area contributed by atoms with Crippen molar-refractivity contribution < 1.29 is 9.59 Å². The first-order valence-electron chi connectivity index (χ1n) is 9.71. The van der Waals surface area contributed by atoms with E-state index in [2.05, 4.69) is 22.3 Å². The fourth-order valence-corrected chi connectivity index (χ4v) is 4.27. The van der Waals surface area contributed by atoms with Crippen LogP contribution in [0.4, 0.5) is 0 Å². The van der Waals surface area contributed by atoms with E-state index in [1.165, 1.54) is 11.1 Å². The Balaban J connectivity index is 1.46. The number of hydrogen-bond donors (Lipinski definition) is 1. The van der Waals surface area contributed by atoms with Crippen molar-refractivity contribution in [2.45, 2.75) is 39.4 Å². The second-order valence-corrected chi connectivity index (χ2v) is 7.74. The van der Waals surface area contributed by atoms with Crippen molar-refractivity contribution in [1.29, 1.82) is 0 Å². The Morgan fingerprint density at radius 3 is 2.61 bits per heavy atom. The number of amides is 2. The van der Waals surface area contributed by atoms with Crippen LogP contribution in [-0.2, 0) is 24.4 Å². The molecule has 0 unspecified atom stereocenters. The van der Waals surface area contributed by atoms with Crippen LogP contribution >= 0.6 is 0 Å². The molecule has 0 radical (unpaired) electrons. The number of nitrogens with zero attached hydrogens (tertiary/aromatic N) is 3. The van der Waals surface area contributed by atoms with Gasteiger partial charge >= 0.3 is 0 Å². The van der Waals surface area contributed by atoms with E-state index in [0.29, 0.717) is 31.6 Å². The van der Waals surface area contributed by atoms with Crippen LogP contribution in [0.1, 0.15) is 45.6 Å². The van der Waals surface area contributed by atoms with Gasteiger partial charge in [-0.15, -0.1) is 0 Å². The zero-order valence-electron chi connectivity index (χ0n) is 15.9. The molecule has 0 saturated carbocycles. The summed E-state index contributed by atoms with van der Waals surface area (Å²) in [7, 11) is 0. The Hall–Kier alpha value is -3.15. The van der Waals surface area contributed by atoms with Crippen LogP contribution in [-0.4, -0.2) is 38.4 Å². The molecule has 0 atom stereocenters. The maximum Gasteiger partial charge on any atom is 0.254 e. The molecule has 0 aliphatic carbocycles. The maximum absolute atomic E-state index is 13.2. The van der Waals surface area contributed by atoms with E-state index in [-0.39, 0.29) is 11.8 Å². The van der Waals surface area contributed by atoms with E-state index in [1.54, 1.807) is 0 Å². The summed E-state index contributed by atoms with van der Waals surface area (Å²) < 4.78 is 0. The molecule has 3 aromatic rings. The van der Waals surface area contributed by atoms with Gasteiger partial charge in [0.15, 0.2) is 0 Å². The number of H-pyrrole nitrogens is 1. The number of hydrogen-bond acceptors (Lipinski definition) is 3. The highest BCUT2D eigenvalue weighted by Gasteiger charge is 2.26. The molecule has 28 heavy (non-hydrogen) atoms. The first-order valence-corrected chi connectivity index (χ1v) is 9.71. The summed E-state index contributed by atoms with van der Waals surface area (Å²) in [5, 5.41) is 8.38. The Morgan fingerprint density at radius 2 is 1.93 bits per heavy atom. The number of likely N-dealkylation sites (tertiary alicyclic amines) is 1. The number of aromatic nitrogens is 2. The number of benzene rings is 2. The van der Waals surface area contributed by atoms with Gasteiger partial charge < -0.3 is 9.80 Å². The van der Waals surface area contributed by atoms with Gasteiger partial charge in [0.05, 0.1) is 17.8 Å². The van der Waals surface area contributed by atoms with Crippen LogP contribution < -0.4 is 0 Å². The van der Waals surface area contributed by atoms with Crippen LogP contribution in [0.2, 0.25) is 0 Å². The fourth-order valence-electron chi connectivity index (χ4n) is 4.27. The summed E-state index contributed by atoms with van der Waals surface area (Å²) in [6.07, 6.45) is 1.52. The first-order chi connectivity index (χ1) is 13.6. The minimum absolute atomic E-state index is 0.0417. The van der Waals surface area contributed by atoms with E-state index in [1.807, 2.05) is 41.0 Å². The van der Waals surface area contributed by atoms with Gasteiger partial charge in [0.1, 0.15) is 0 Å². The van der Waals surface area contributed by atoms with Gasteiger partial charge in [-0.3, -0.25) is 14.7 Å². The van der Waals surface area contributed by atoms with E-state index < -0.39 is 0 Å². The van der Waals surface area contributed by atoms with Crippen LogP contribution in [0.5, 0.6) is 0 Å². The van der Waals surface area contributed by atoms with Crippen molar-refractivity contribution in [3.63, 3.8) is 0 Å². The maximum atomic E-state index is 13.2. The Kier molecular flexibility index (Phi) is 3.93. The lowest BCUT2D eigenvalue weighted by atomic mass is 10.0. The number of fused-ring (bicyclic) bond motifs is 2. The van der Waals surface area contributed by atoms with E-state index in [9.17, 15) is 9.59 Å². The number of nitrogens with one attached hydrogen (secondary N) is 1. The Bertz CT molecular complexity index is 1080. The average Bonchev–Trinajstić information content (AvgIpc) is 3.40. The molecular formula is C22H22N4O2. The van der Waals surface area contributed by atoms with E-state index in [4.69, 9.17) is 0 Å². The molecule has 0 bridgehead atoms. The summed E-state index contributed by atoms with van der Waals surface area (Å²) in [4.78, 5) is 29.0. The molecule has 2 aliphatic rings. The predicted molar refractivity (Wildman–Crippen MR) is 106 cm³/mol. The third kappa shape index (κ3) is 2.76. The molecule has 6 heteroatoms. The van der Waals surface area contributed by atoms with Crippen LogP contribution in [0, 0.1) is 6.92 Å². The predicted octanol–water partition coefficient (Wildman–Crippen LogP) is 3.15. The highest BCUT2D eigenvalue weighted by Crippen LogP contribution is 2.28. The lowest BCUT2D eigenvalue weighted by Gasteiger charge is -2.17. The van der Waals surface area contributed by atoms with Gasteiger partial charge in [-0.2, -0.15) is 5.10 Å². The smallest absolute Gasteiger partial charge is 0.254 e. The van der Waals surface area contributed by atoms with Crippen molar-refractivity contribution >= 4 is 22.7 Å². The second kappa shape index (κ2) is 6.48. The summed E-state index contributed by atoms with van der Waals surface area (Å²) in [6, 6.07) is 12.1. The van der Waals surface area contributed by atoms with Crippen LogP contribution in [0.25, 0.3) is 10.9 Å². The van der Waals surface area contributed by atoms with Crippen LogP contribution in [0.3, 0.4) is 0 Å². The van der Waals surface area contributed by atoms with Gasteiger partial charge in [0, 0.05) is 37.0 Å². The monoisotopic (exact) mass is 374 g/mol. The molecule has 0 spiro atoms. The first kappa shape index (κ1) is 17.0. The lowest BCUT2D eigenvalue weighted by Crippen LogP contribution is -2.26. The molecule has 2 amide bonds. The summed E-state index contributed by atoms with van der Waals surface area (Å²) in [5.41, 5.74) is 5.78. The summed E-state index contributed by atoms with van der Waals surface area (Å²) >= 11 is 0. The van der Waals surface area contributed by atoms with Crippen molar-refractivity contribution in [2.24, 2.45) is 0 Å². The molecule has 2 aliphatic heterocycles. The molecule has 3 heterocycles. The lowest BCUT2D eigenvalue weighted by molar-refractivity contribution is -0.128. The number of rotatable bonds is 3. The molecule has 5 rings (SSSR count). The normalized spacial score (nSPS) is 16.2. The standard InChI is InChI=1S/C22H22N4O2/c1-14-9-19-18(20(24-23-19)13-25-8-4-7-21(25)27)10-17(14)22(28)26-11-15-5-2-3-6-16(15)12-26/h2-3,5-6,9-10H,4,7-8,11-13H2,1H3,(H,23,24). The third-order valence-corrected chi connectivity index (χ3v) is 5.86. The van der Waals surface area contributed by atoms with Crippen molar-refractivity contribution in [2.75, 3.05) is 6.54 Å². The minimum atomic E-state index is 0.0417. The summed E-state index contributed by atoms with van der Waals surface area (Å²) in [5.74, 6) is 0.223. The Labute approximate surface area is 163 Å². The van der Waals surface area contributed by atoms with Gasteiger partial charge in [-0.05, 0) is 42.2 Å². The molecule has 2 aromatic carbocycles. The minimum Gasteiger partial charge on any atom is -0.337 e. The number of aromatic amines is 1. The molecule has 1 saturated heterocycles. The van der Waals surface area contributed by atoms with Crippen molar-refractivity contribution in [3.05, 3.63) is 64.3 Å². The number of carbonyl (C=O) groups excluding carboxylic acids is 2. The number of carbonyl (C=O) groups is 2. The molecule has 142 valence electrons. The molecular weight excluding hydrogens is 352 g/mol. The topological polar surface area (TPSA) is 69.3 Å². The van der Waals surface area contributed by atoms with Gasteiger partial charge in [0.2, 0.25) is 5.91 Å². The van der Waals surface area contributed by atoms with E-state index >= 15 is 0 Å². The highest BCUT2D eigenvalue weighted by atomic mass is 16.2. The average molecular weight is 374 g/mol. The quantitative estimate of drug-likeness (QED) is 0.766. The van der Waals surface area contributed by atoms with Crippen LogP contribution in [0.15, 0.2) is 36.4 Å². The largest absolute Gasteiger partial charge is 0.337 e. The zero-order chi connectivity index (χ0) is 19.3. The van der Waals surface area contributed by atoms with Crippen molar-refractivity contribution in [3.8, 4) is 0 Å². The SMILES string of the molecule is Cc1cc2n[nH]c(CN3CCCC3=O)c2cc1C(=O)N1Cc2ccccc2C1.